The maximum Gasteiger partial charge on any atom is 0.157 e. The van der Waals surface area contributed by atoms with E-state index in [0.29, 0.717) is 4.08 Å². The molecule has 0 saturated carbocycles. The first-order valence-electron chi connectivity index (χ1n) is 5.80. The molecule has 0 unspecified atom stereocenters. The molecule has 2 aliphatic rings. The molecule has 0 aromatic rings. The molecule has 0 aliphatic carbocycles. The highest BCUT2D eigenvalue weighted by molar-refractivity contribution is 8.18. The van der Waals surface area contributed by atoms with Crippen molar-refractivity contribution in [3.63, 3.8) is 0 Å². The van der Waals surface area contributed by atoms with E-state index in [2.05, 4.69) is 30.4 Å². The van der Waals surface area contributed by atoms with Gasteiger partial charge in [0.25, 0.3) is 0 Å². The third-order valence-electron chi connectivity index (χ3n) is 2.86. The summed E-state index contributed by atoms with van der Waals surface area (Å²) in [5.74, 6) is 2.67. The number of ether oxygens (including phenoxy) is 2. The maximum absolute atomic E-state index is 5.44. The zero-order valence-electron chi connectivity index (χ0n) is 9.37. The fourth-order valence-corrected chi connectivity index (χ4v) is 5.02. The fraction of sp³-hybridized carbons (Fsp3) is 1.00. The van der Waals surface area contributed by atoms with Gasteiger partial charge in [-0.2, -0.15) is 0 Å². The molecule has 2 aliphatic heterocycles. The normalized spacial score (nSPS) is 27.0. The van der Waals surface area contributed by atoms with Gasteiger partial charge >= 0.3 is 0 Å². The summed E-state index contributed by atoms with van der Waals surface area (Å²) in [6.45, 7) is 3.95. The van der Waals surface area contributed by atoms with E-state index in [1.165, 1.54) is 30.8 Å². The molecule has 0 atom stereocenters. The van der Waals surface area contributed by atoms with Crippen LogP contribution < -0.4 is 0 Å². The Morgan fingerprint density at radius 3 is 2.53 bits per heavy atom. The van der Waals surface area contributed by atoms with Crippen LogP contribution in [0.3, 0.4) is 0 Å². The van der Waals surface area contributed by atoms with Crippen LogP contribution in [0.4, 0.5) is 0 Å². The van der Waals surface area contributed by atoms with Gasteiger partial charge in [-0.05, 0) is 44.1 Å². The molecule has 15 heavy (non-hydrogen) atoms. The van der Waals surface area contributed by atoms with Crippen LogP contribution in [0.15, 0.2) is 0 Å². The Morgan fingerprint density at radius 1 is 1.20 bits per heavy atom. The lowest BCUT2D eigenvalue weighted by atomic mass is 10.2. The third kappa shape index (κ3) is 3.84. The minimum Gasteiger partial charge on any atom is -0.350 e. The van der Waals surface area contributed by atoms with Crippen molar-refractivity contribution >= 4 is 23.5 Å². The van der Waals surface area contributed by atoms with Crippen molar-refractivity contribution in [1.82, 2.24) is 0 Å². The van der Waals surface area contributed by atoms with Crippen LogP contribution in [0.5, 0.6) is 0 Å². The zero-order chi connectivity index (χ0) is 10.6. The van der Waals surface area contributed by atoms with Crippen LogP contribution in [0, 0.1) is 0 Å². The summed E-state index contributed by atoms with van der Waals surface area (Å²) < 4.78 is 11.3. The molecule has 0 amide bonds. The van der Waals surface area contributed by atoms with Gasteiger partial charge in [0.15, 0.2) is 6.29 Å². The molecule has 2 saturated heterocycles. The Kier molecular flexibility index (Phi) is 4.68. The predicted molar refractivity (Wildman–Crippen MR) is 67.5 cm³/mol. The number of hydrogen-bond donors (Lipinski definition) is 0. The first-order chi connectivity index (χ1) is 7.29. The Hall–Kier alpha value is 0.620. The SMILES string of the molecule is CC1(CCCC2OCCO2)SCCCS1. The minimum atomic E-state index is 0.0900. The van der Waals surface area contributed by atoms with Gasteiger partial charge in [-0.1, -0.05) is 0 Å². The standard InChI is InChI=1S/C11H20O2S2/c1-11(14-8-3-9-15-11)5-2-4-10-12-6-7-13-10/h10H,2-9H2,1H3. The summed E-state index contributed by atoms with van der Waals surface area (Å²) in [6.07, 6.45) is 5.04. The highest BCUT2D eigenvalue weighted by Crippen LogP contribution is 2.45. The molecule has 2 heterocycles. The van der Waals surface area contributed by atoms with Crippen LogP contribution in [0.2, 0.25) is 0 Å². The van der Waals surface area contributed by atoms with E-state index in [9.17, 15) is 0 Å². The maximum atomic E-state index is 5.44. The monoisotopic (exact) mass is 248 g/mol. The largest absolute Gasteiger partial charge is 0.350 e. The lowest BCUT2D eigenvalue weighted by Crippen LogP contribution is -2.21. The Balaban J connectivity index is 1.63. The third-order valence-corrected chi connectivity index (χ3v) is 6.19. The molecular weight excluding hydrogens is 228 g/mol. The van der Waals surface area contributed by atoms with Crippen molar-refractivity contribution < 1.29 is 9.47 Å². The van der Waals surface area contributed by atoms with E-state index >= 15 is 0 Å². The van der Waals surface area contributed by atoms with Gasteiger partial charge in [-0.25, -0.2) is 0 Å². The van der Waals surface area contributed by atoms with Gasteiger partial charge in [0, 0.05) is 0 Å². The Labute approximate surface area is 101 Å². The highest BCUT2D eigenvalue weighted by Gasteiger charge is 2.28. The van der Waals surface area contributed by atoms with Crippen LogP contribution in [-0.2, 0) is 9.47 Å². The first-order valence-corrected chi connectivity index (χ1v) is 7.77. The molecule has 0 N–H and O–H groups in total. The Bertz CT molecular complexity index is 187. The van der Waals surface area contributed by atoms with Crippen molar-refractivity contribution in [1.29, 1.82) is 0 Å². The van der Waals surface area contributed by atoms with E-state index in [1.807, 2.05) is 0 Å². The number of thioether (sulfide) groups is 2. The summed E-state index contributed by atoms with van der Waals surface area (Å²) in [5, 5.41) is 0. The highest BCUT2D eigenvalue weighted by atomic mass is 32.2. The molecule has 0 bridgehead atoms. The first kappa shape index (κ1) is 12.1. The second kappa shape index (κ2) is 5.80. The quantitative estimate of drug-likeness (QED) is 0.760. The smallest absolute Gasteiger partial charge is 0.157 e. The average Bonchev–Trinajstić information content (AvgIpc) is 2.71. The Morgan fingerprint density at radius 2 is 1.87 bits per heavy atom. The molecule has 2 nitrogen and oxygen atoms in total. The molecule has 4 heteroatoms. The van der Waals surface area contributed by atoms with Crippen LogP contribution in [-0.4, -0.2) is 35.1 Å². The molecule has 0 aromatic heterocycles. The van der Waals surface area contributed by atoms with E-state index in [4.69, 9.17) is 9.47 Å². The van der Waals surface area contributed by atoms with E-state index in [0.717, 1.165) is 19.6 Å². The van der Waals surface area contributed by atoms with E-state index < -0.39 is 0 Å². The summed E-state index contributed by atoms with van der Waals surface area (Å²) in [6, 6.07) is 0. The van der Waals surface area contributed by atoms with Crippen molar-refractivity contribution in [2.45, 2.75) is 43.0 Å². The van der Waals surface area contributed by atoms with Gasteiger partial charge in [-0.15, -0.1) is 23.5 Å². The number of rotatable bonds is 4. The molecule has 0 spiro atoms. The summed E-state index contributed by atoms with van der Waals surface area (Å²) in [5.41, 5.74) is 0. The second-order valence-electron chi connectivity index (χ2n) is 4.25. The second-order valence-corrected chi connectivity index (χ2v) is 7.70. The molecule has 88 valence electrons. The van der Waals surface area contributed by atoms with Crippen LogP contribution in [0.25, 0.3) is 0 Å². The van der Waals surface area contributed by atoms with Crippen molar-refractivity contribution in [3.8, 4) is 0 Å². The summed E-state index contributed by atoms with van der Waals surface area (Å²) >= 11 is 4.26. The van der Waals surface area contributed by atoms with Gasteiger partial charge < -0.3 is 9.47 Å². The molecular formula is C11H20O2S2. The summed E-state index contributed by atoms with van der Waals surface area (Å²) in [4.78, 5) is 0. The van der Waals surface area contributed by atoms with Crippen molar-refractivity contribution in [3.05, 3.63) is 0 Å². The topological polar surface area (TPSA) is 18.5 Å². The average molecular weight is 248 g/mol. The van der Waals surface area contributed by atoms with Gasteiger partial charge in [0.05, 0.1) is 17.3 Å². The van der Waals surface area contributed by atoms with Crippen LogP contribution >= 0.6 is 23.5 Å². The predicted octanol–water partition coefficient (Wildman–Crippen LogP) is 3.12. The van der Waals surface area contributed by atoms with Gasteiger partial charge in [0.2, 0.25) is 0 Å². The molecule has 0 radical (unpaired) electrons. The van der Waals surface area contributed by atoms with Crippen molar-refractivity contribution in [2.24, 2.45) is 0 Å². The van der Waals surface area contributed by atoms with Gasteiger partial charge in [-0.3, -0.25) is 0 Å². The summed E-state index contributed by atoms with van der Waals surface area (Å²) in [7, 11) is 0. The van der Waals surface area contributed by atoms with E-state index in [-0.39, 0.29) is 6.29 Å². The minimum absolute atomic E-state index is 0.0900. The fourth-order valence-electron chi connectivity index (χ4n) is 1.98. The molecule has 2 fully saturated rings. The van der Waals surface area contributed by atoms with E-state index in [1.54, 1.807) is 0 Å². The molecule has 2 rings (SSSR count). The number of hydrogen-bond acceptors (Lipinski definition) is 4. The zero-order valence-corrected chi connectivity index (χ0v) is 11.0. The van der Waals surface area contributed by atoms with Gasteiger partial charge in [0.1, 0.15) is 0 Å². The lowest BCUT2D eigenvalue weighted by Gasteiger charge is -2.32. The van der Waals surface area contributed by atoms with Crippen molar-refractivity contribution in [2.75, 3.05) is 24.7 Å². The van der Waals surface area contributed by atoms with Crippen LogP contribution in [0.1, 0.15) is 32.6 Å². The lowest BCUT2D eigenvalue weighted by molar-refractivity contribution is -0.0479. The molecule has 0 aromatic carbocycles.